The van der Waals surface area contributed by atoms with Crippen LogP contribution in [0.25, 0.3) is 11.4 Å². The van der Waals surface area contributed by atoms with Gasteiger partial charge in [0.05, 0.1) is 0 Å². The van der Waals surface area contributed by atoms with Crippen molar-refractivity contribution in [2.45, 2.75) is 32.7 Å². The van der Waals surface area contributed by atoms with E-state index in [0.29, 0.717) is 16.7 Å². The topological polar surface area (TPSA) is 68.2 Å². The Morgan fingerprint density at radius 1 is 1.42 bits per heavy atom. The zero-order chi connectivity index (χ0) is 16.4. The standard InChI is InChI=1S/C17H23ClN4O.ClH/c1-17(2)11-22(8-6-14(17)19)9-7-15-20-16(21-23-15)12-4-3-5-13(18)10-12;/h3-5,10,14H,6-9,11,19H2,1-2H3;1H. The van der Waals surface area contributed by atoms with Gasteiger partial charge in [-0.05, 0) is 30.5 Å². The molecule has 1 aromatic carbocycles. The summed E-state index contributed by atoms with van der Waals surface area (Å²) < 4.78 is 5.37. The molecule has 7 heteroatoms. The number of likely N-dealkylation sites (tertiary alicyclic amines) is 1. The van der Waals surface area contributed by atoms with Crippen LogP contribution < -0.4 is 5.73 Å². The minimum Gasteiger partial charge on any atom is -0.339 e. The van der Waals surface area contributed by atoms with Gasteiger partial charge in [-0.3, -0.25) is 0 Å². The van der Waals surface area contributed by atoms with Crippen LogP contribution in [0.1, 0.15) is 26.2 Å². The Labute approximate surface area is 154 Å². The van der Waals surface area contributed by atoms with Gasteiger partial charge in [0, 0.05) is 36.1 Å². The van der Waals surface area contributed by atoms with E-state index in [1.807, 2.05) is 24.3 Å². The van der Waals surface area contributed by atoms with Crippen LogP contribution in [0.4, 0.5) is 0 Å². The normalized spacial score (nSPS) is 20.6. The lowest BCUT2D eigenvalue weighted by Crippen LogP contribution is -2.52. The summed E-state index contributed by atoms with van der Waals surface area (Å²) >= 11 is 6.00. The van der Waals surface area contributed by atoms with Gasteiger partial charge >= 0.3 is 0 Å². The second kappa shape index (κ2) is 7.83. The number of nitrogens with zero attached hydrogens (tertiary/aromatic N) is 3. The molecule has 132 valence electrons. The lowest BCUT2D eigenvalue weighted by Gasteiger charge is -2.42. The monoisotopic (exact) mass is 370 g/mol. The molecule has 1 aliphatic rings. The van der Waals surface area contributed by atoms with Crippen LogP contribution in [-0.2, 0) is 6.42 Å². The van der Waals surface area contributed by atoms with E-state index in [9.17, 15) is 0 Å². The molecule has 1 saturated heterocycles. The van der Waals surface area contributed by atoms with Gasteiger partial charge in [0.15, 0.2) is 0 Å². The first-order valence-corrected chi connectivity index (χ1v) is 8.38. The number of aromatic nitrogens is 2. The Hall–Kier alpha value is -1.14. The Morgan fingerprint density at radius 3 is 2.92 bits per heavy atom. The number of hydrogen-bond acceptors (Lipinski definition) is 5. The number of benzene rings is 1. The minimum atomic E-state index is 0. The molecule has 2 aromatic rings. The number of hydrogen-bond donors (Lipinski definition) is 1. The Morgan fingerprint density at radius 2 is 2.21 bits per heavy atom. The fourth-order valence-corrected chi connectivity index (χ4v) is 3.22. The molecule has 0 spiro atoms. The third-order valence-electron chi connectivity index (χ3n) is 4.58. The van der Waals surface area contributed by atoms with Crippen molar-refractivity contribution in [1.82, 2.24) is 15.0 Å². The van der Waals surface area contributed by atoms with Gasteiger partial charge in [-0.1, -0.05) is 42.7 Å². The quantitative estimate of drug-likeness (QED) is 0.892. The van der Waals surface area contributed by atoms with Gasteiger partial charge in [-0.2, -0.15) is 4.98 Å². The van der Waals surface area contributed by atoms with Crippen LogP contribution in [0.3, 0.4) is 0 Å². The zero-order valence-corrected chi connectivity index (χ0v) is 15.6. The molecule has 2 heterocycles. The summed E-state index contributed by atoms with van der Waals surface area (Å²) in [5.41, 5.74) is 7.21. The molecule has 0 bridgehead atoms. The molecule has 5 nitrogen and oxygen atoms in total. The Balaban J connectivity index is 0.00000208. The third kappa shape index (κ3) is 4.48. The fraction of sp³-hybridized carbons (Fsp3) is 0.529. The maximum Gasteiger partial charge on any atom is 0.228 e. The molecule has 2 N–H and O–H groups in total. The van der Waals surface area contributed by atoms with E-state index in [4.69, 9.17) is 21.9 Å². The molecule has 1 fully saturated rings. The summed E-state index contributed by atoms with van der Waals surface area (Å²) in [6.07, 6.45) is 1.78. The number of rotatable bonds is 4. The maximum atomic E-state index is 6.18. The molecule has 0 aliphatic carbocycles. The van der Waals surface area contributed by atoms with Gasteiger partial charge in [-0.25, -0.2) is 0 Å². The summed E-state index contributed by atoms with van der Waals surface area (Å²) in [4.78, 5) is 6.89. The predicted molar refractivity (Wildman–Crippen MR) is 98.5 cm³/mol. The Bertz CT molecular complexity index is 674. The number of piperidine rings is 1. The number of nitrogens with two attached hydrogens (primary N) is 1. The van der Waals surface area contributed by atoms with Crippen LogP contribution in [0, 0.1) is 5.41 Å². The van der Waals surface area contributed by atoms with Crippen molar-refractivity contribution in [3.8, 4) is 11.4 Å². The predicted octanol–water partition coefficient (Wildman–Crippen LogP) is 3.41. The highest BCUT2D eigenvalue weighted by Crippen LogP contribution is 2.27. The van der Waals surface area contributed by atoms with Crippen molar-refractivity contribution < 1.29 is 4.52 Å². The third-order valence-corrected chi connectivity index (χ3v) is 4.82. The lowest BCUT2D eigenvalue weighted by molar-refractivity contribution is 0.0945. The molecule has 1 aromatic heterocycles. The highest BCUT2D eigenvalue weighted by atomic mass is 35.5. The molecule has 0 amide bonds. The summed E-state index contributed by atoms with van der Waals surface area (Å²) in [6, 6.07) is 7.75. The summed E-state index contributed by atoms with van der Waals surface area (Å²) in [6.45, 7) is 7.40. The van der Waals surface area contributed by atoms with Crippen molar-refractivity contribution in [3.05, 3.63) is 35.2 Å². The highest BCUT2D eigenvalue weighted by molar-refractivity contribution is 6.30. The number of halogens is 2. The SMILES string of the molecule is CC1(C)CN(CCc2nc(-c3cccc(Cl)c3)no2)CCC1N.Cl. The van der Waals surface area contributed by atoms with E-state index in [2.05, 4.69) is 28.9 Å². The van der Waals surface area contributed by atoms with Crippen LogP contribution in [0.15, 0.2) is 28.8 Å². The minimum absolute atomic E-state index is 0. The van der Waals surface area contributed by atoms with Crippen LogP contribution >= 0.6 is 24.0 Å². The van der Waals surface area contributed by atoms with Crippen molar-refractivity contribution in [3.63, 3.8) is 0 Å². The van der Waals surface area contributed by atoms with E-state index in [1.54, 1.807) is 0 Å². The van der Waals surface area contributed by atoms with E-state index in [0.717, 1.165) is 38.0 Å². The smallest absolute Gasteiger partial charge is 0.228 e. The molecular weight excluding hydrogens is 347 g/mol. The van der Waals surface area contributed by atoms with Gasteiger partial charge in [0.2, 0.25) is 11.7 Å². The first-order chi connectivity index (χ1) is 10.9. The second-order valence-corrected chi connectivity index (χ2v) is 7.37. The molecule has 0 radical (unpaired) electrons. The van der Waals surface area contributed by atoms with Crippen molar-refractivity contribution in [1.29, 1.82) is 0 Å². The van der Waals surface area contributed by atoms with E-state index in [-0.39, 0.29) is 23.9 Å². The van der Waals surface area contributed by atoms with Crippen LogP contribution in [0.2, 0.25) is 5.02 Å². The first kappa shape index (κ1) is 19.2. The fourth-order valence-electron chi connectivity index (χ4n) is 3.03. The average Bonchev–Trinajstić information content (AvgIpc) is 2.97. The summed E-state index contributed by atoms with van der Waals surface area (Å²) in [7, 11) is 0. The van der Waals surface area contributed by atoms with E-state index >= 15 is 0 Å². The molecule has 1 aliphatic heterocycles. The molecule has 1 atom stereocenters. The molecule has 3 rings (SSSR count). The van der Waals surface area contributed by atoms with Gasteiger partial charge in [0.1, 0.15) is 0 Å². The molecule has 0 saturated carbocycles. The first-order valence-electron chi connectivity index (χ1n) is 8.00. The lowest BCUT2D eigenvalue weighted by atomic mass is 9.80. The average molecular weight is 371 g/mol. The van der Waals surface area contributed by atoms with Gasteiger partial charge in [0.25, 0.3) is 0 Å². The van der Waals surface area contributed by atoms with E-state index < -0.39 is 0 Å². The second-order valence-electron chi connectivity index (χ2n) is 6.93. The largest absolute Gasteiger partial charge is 0.339 e. The van der Waals surface area contributed by atoms with Crippen molar-refractivity contribution in [2.24, 2.45) is 11.1 Å². The van der Waals surface area contributed by atoms with Crippen LogP contribution in [0.5, 0.6) is 0 Å². The zero-order valence-electron chi connectivity index (χ0n) is 14.0. The highest BCUT2D eigenvalue weighted by Gasteiger charge is 2.33. The van der Waals surface area contributed by atoms with E-state index in [1.165, 1.54) is 0 Å². The van der Waals surface area contributed by atoms with Crippen molar-refractivity contribution in [2.75, 3.05) is 19.6 Å². The summed E-state index contributed by atoms with van der Waals surface area (Å²) in [5.74, 6) is 1.25. The van der Waals surface area contributed by atoms with Gasteiger partial charge < -0.3 is 15.2 Å². The van der Waals surface area contributed by atoms with Crippen molar-refractivity contribution >= 4 is 24.0 Å². The maximum absolute atomic E-state index is 6.18. The molecule has 1 unspecified atom stereocenters. The Kier molecular flexibility index (Phi) is 6.26. The van der Waals surface area contributed by atoms with Crippen LogP contribution in [-0.4, -0.2) is 40.7 Å². The van der Waals surface area contributed by atoms with Gasteiger partial charge in [-0.15, -0.1) is 12.4 Å². The molecular formula is C17H24Cl2N4O. The summed E-state index contributed by atoms with van der Waals surface area (Å²) in [5, 5.41) is 4.72. The molecule has 24 heavy (non-hydrogen) atoms.